The van der Waals surface area contributed by atoms with E-state index in [1.165, 1.54) is 0 Å². The maximum atomic E-state index is 4.63. The number of anilines is 1. The lowest BCUT2D eigenvalue weighted by molar-refractivity contribution is 0.439. The van der Waals surface area contributed by atoms with Gasteiger partial charge in [-0.1, -0.05) is 13.8 Å². The largest absolute Gasteiger partial charge is 0.365 e. The third-order valence-corrected chi connectivity index (χ3v) is 4.81. The first-order chi connectivity index (χ1) is 10.7. The number of rotatable bonds is 3. The van der Waals surface area contributed by atoms with Crippen LogP contribution in [-0.4, -0.2) is 30.8 Å². The van der Waals surface area contributed by atoms with Crippen molar-refractivity contribution in [3.63, 3.8) is 0 Å². The van der Waals surface area contributed by atoms with E-state index in [0.717, 1.165) is 47.1 Å². The molecule has 0 aromatic carbocycles. The summed E-state index contributed by atoms with van der Waals surface area (Å²) in [5.41, 5.74) is 0. The predicted octanol–water partition coefficient (Wildman–Crippen LogP) is 2.83. The average Bonchev–Trinajstić information content (AvgIpc) is 3.13. The molecular formula is C15H18N6S. The van der Waals surface area contributed by atoms with Gasteiger partial charge in [0.05, 0.1) is 11.9 Å². The van der Waals surface area contributed by atoms with E-state index < -0.39 is 0 Å². The Bertz CT molecular complexity index is 805. The van der Waals surface area contributed by atoms with Crippen LogP contribution in [0.1, 0.15) is 37.8 Å². The minimum absolute atomic E-state index is 0.326. The lowest BCUT2D eigenvalue weighted by Crippen LogP contribution is -2.32. The molecule has 1 aliphatic heterocycles. The minimum Gasteiger partial charge on any atom is -0.365 e. The fraction of sp³-hybridized carbons (Fsp3) is 0.467. The number of aryl methyl sites for hydroxylation is 1. The number of nitrogens with one attached hydrogen (secondary N) is 1. The van der Waals surface area contributed by atoms with Crippen molar-refractivity contribution >= 4 is 27.4 Å². The number of hydrogen-bond donors (Lipinski definition) is 1. The van der Waals surface area contributed by atoms with Gasteiger partial charge in [0.2, 0.25) is 0 Å². The van der Waals surface area contributed by atoms with E-state index in [2.05, 4.69) is 50.7 Å². The standard InChI is InChI=1S/C15H18N6S/c1-9(2)13-19-12-4-3-10(7-21(12)20-13)18-14-11-5-6-22-15(11)17-8-16-14/h5-6,8-10H,3-4,7H2,1-2H3,(H,16,17,18). The summed E-state index contributed by atoms with van der Waals surface area (Å²) in [5.74, 6) is 3.34. The zero-order chi connectivity index (χ0) is 15.1. The van der Waals surface area contributed by atoms with Crippen LogP contribution in [0.3, 0.4) is 0 Å². The zero-order valence-corrected chi connectivity index (χ0v) is 13.5. The normalized spacial score (nSPS) is 17.9. The Balaban J connectivity index is 1.56. The molecule has 0 radical (unpaired) electrons. The predicted molar refractivity (Wildman–Crippen MR) is 87.3 cm³/mol. The summed E-state index contributed by atoms with van der Waals surface area (Å²) >= 11 is 1.64. The molecule has 0 saturated heterocycles. The van der Waals surface area contributed by atoms with E-state index in [1.54, 1.807) is 17.7 Å². The molecule has 3 aromatic heterocycles. The molecule has 0 amide bonds. The molecule has 3 aromatic rings. The summed E-state index contributed by atoms with van der Waals surface area (Å²) in [6.07, 6.45) is 3.63. The van der Waals surface area contributed by atoms with Gasteiger partial charge < -0.3 is 5.32 Å². The molecule has 1 unspecified atom stereocenters. The van der Waals surface area contributed by atoms with E-state index in [9.17, 15) is 0 Å². The number of fused-ring (bicyclic) bond motifs is 2. The van der Waals surface area contributed by atoms with Crippen LogP contribution in [0, 0.1) is 0 Å². The first kappa shape index (κ1) is 13.6. The van der Waals surface area contributed by atoms with Crippen molar-refractivity contribution < 1.29 is 0 Å². The van der Waals surface area contributed by atoms with Gasteiger partial charge in [0, 0.05) is 18.4 Å². The quantitative estimate of drug-likeness (QED) is 0.805. The molecule has 0 bridgehead atoms. The molecule has 1 atom stereocenters. The summed E-state index contributed by atoms with van der Waals surface area (Å²) in [6.45, 7) is 5.10. The summed E-state index contributed by atoms with van der Waals surface area (Å²) < 4.78 is 2.04. The van der Waals surface area contributed by atoms with Crippen LogP contribution in [0.4, 0.5) is 5.82 Å². The molecule has 114 valence electrons. The van der Waals surface area contributed by atoms with Crippen LogP contribution in [0.2, 0.25) is 0 Å². The van der Waals surface area contributed by atoms with E-state index in [4.69, 9.17) is 0 Å². The van der Waals surface area contributed by atoms with Crippen molar-refractivity contribution in [1.82, 2.24) is 24.7 Å². The van der Waals surface area contributed by atoms with E-state index >= 15 is 0 Å². The third-order valence-electron chi connectivity index (χ3n) is 3.99. The number of aromatic nitrogens is 5. The topological polar surface area (TPSA) is 68.5 Å². The van der Waals surface area contributed by atoms with Crippen LogP contribution in [0.15, 0.2) is 17.8 Å². The van der Waals surface area contributed by atoms with E-state index in [0.29, 0.717) is 12.0 Å². The highest BCUT2D eigenvalue weighted by Gasteiger charge is 2.23. The lowest BCUT2D eigenvalue weighted by Gasteiger charge is -2.24. The number of hydrogen-bond acceptors (Lipinski definition) is 6. The molecule has 4 rings (SSSR count). The molecule has 0 saturated carbocycles. The second kappa shape index (κ2) is 5.31. The Hall–Kier alpha value is -2.02. The monoisotopic (exact) mass is 314 g/mol. The molecule has 7 heteroatoms. The molecule has 0 aliphatic carbocycles. The highest BCUT2D eigenvalue weighted by Crippen LogP contribution is 2.26. The van der Waals surface area contributed by atoms with Gasteiger partial charge in [0.1, 0.15) is 22.8 Å². The van der Waals surface area contributed by atoms with Crippen molar-refractivity contribution in [1.29, 1.82) is 0 Å². The Morgan fingerprint density at radius 1 is 1.36 bits per heavy atom. The van der Waals surface area contributed by atoms with Gasteiger partial charge in [-0.15, -0.1) is 11.3 Å². The van der Waals surface area contributed by atoms with Crippen LogP contribution in [0.5, 0.6) is 0 Å². The molecule has 1 aliphatic rings. The molecule has 6 nitrogen and oxygen atoms in total. The Kier molecular flexibility index (Phi) is 3.29. The summed E-state index contributed by atoms with van der Waals surface area (Å²) in [4.78, 5) is 14.4. The molecular weight excluding hydrogens is 296 g/mol. The fourth-order valence-electron chi connectivity index (χ4n) is 2.79. The molecule has 4 heterocycles. The first-order valence-corrected chi connectivity index (χ1v) is 8.47. The zero-order valence-electron chi connectivity index (χ0n) is 12.7. The van der Waals surface area contributed by atoms with Gasteiger partial charge in [-0.25, -0.2) is 19.6 Å². The van der Waals surface area contributed by atoms with Crippen LogP contribution in [0.25, 0.3) is 10.2 Å². The minimum atomic E-state index is 0.326. The van der Waals surface area contributed by atoms with Crippen molar-refractivity contribution in [3.8, 4) is 0 Å². The van der Waals surface area contributed by atoms with Gasteiger partial charge in [0.25, 0.3) is 0 Å². The average molecular weight is 314 g/mol. The SMILES string of the molecule is CC(C)c1nc2n(n1)CC(Nc1ncnc3sccc13)CC2. The van der Waals surface area contributed by atoms with Gasteiger partial charge in [-0.3, -0.25) is 0 Å². The fourth-order valence-corrected chi connectivity index (χ4v) is 3.52. The lowest BCUT2D eigenvalue weighted by atomic mass is 10.1. The number of thiophene rings is 1. The molecule has 0 spiro atoms. The van der Waals surface area contributed by atoms with E-state index in [-0.39, 0.29) is 0 Å². The molecule has 1 N–H and O–H groups in total. The second-order valence-corrected chi connectivity index (χ2v) is 6.86. The number of nitrogens with zero attached hydrogens (tertiary/aromatic N) is 5. The summed E-state index contributed by atoms with van der Waals surface area (Å²) in [7, 11) is 0. The van der Waals surface area contributed by atoms with Gasteiger partial charge >= 0.3 is 0 Å². The van der Waals surface area contributed by atoms with E-state index in [1.807, 2.05) is 4.68 Å². The summed E-state index contributed by atoms with van der Waals surface area (Å²) in [6, 6.07) is 2.40. The third kappa shape index (κ3) is 2.35. The van der Waals surface area contributed by atoms with Crippen molar-refractivity contribution in [3.05, 3.63) is 29.4 Å². The maximum Gasteiger partial charge on any atom is 0.153 e. The highest BCUT2D eigenvalue weighted by atomic mass is 32.1. The van der Waals surface area contributed by atoms with Gasteiger partial charge in [-0.2, -0.15) is 5.10 Å². The maximum absolute atomic E-state index is 4.63. The van der Waals surface area contributed by atoms with Crippen LogP contribution in [-0.2, 0) is 13.0 Å². The second-order valence-electron chi connectivity index (χ2n) is 5.96. The summed E-state index contributed by atoms with van der Waals surface area (Å²) in [5, 5.41) is 11.3. The Labute approximate surface area is 132 Å². The van der Waals surface area contributed by atoms with Crippen molar-refractivity contribution in [2.24, 2.45) is 0 Å². The van der Waals surface area contributed by atoms with Crippen molar-refractivity contribution in [2.75, 3.05) is 5.32 Å². The van der Waals surface area contributed by atoms with Gasteiger partial charge in [-0.05, 0) is 17.9 Å². The molecule has 0 fully saturated rings. The van der Waals surface area contributed by atoms with Crippen LogP contribution >= 0.6 is 11.3 Å². The smallest absolute Gasteiger partial charge is 0.153 e. The van der Waals surface area contributed by atoms with Gasteiger partial charge in [0.15, 0.2) is 5.82 Å². The molecule has 22 heavy (non-hydrogen) atoms. The first-order valence-electron chi connectivity index (χ1n) is 7.59. The van der Waals surface area contributed by atoms with Crippen molar-refractivity contribution in [2.45, 2.75) is 45.2 Å². The highest BCUT2D eigenvalue weighted by molar-refractivity contribution is 7.16. The Morgan fingerprint density at radius 2 is 2.27 bits per heavy atom. The Morgan fingerprint density at radius 3 is 3.14 bits per heavy atom. The van der Waals surface area contributed by atoms with Crippen LogP contribution < -0.4 is 5.32 Å².